The third-order valence-corrected chi connectivity index (χ3v) is 2.11. The first-order chi connectivity index (χ1) is 8.38. The number of ether oxygens (including phenoxy) is 1. The molecular weight excluding hydrogens is 216 g/mol. The van der Waals surface area contributed by atoms with E-state index in [1.165, 1.54) is 6.20 Å². The molecule has 1 aromatic carbocycles. The third-order valence-electron chi connectivity index (χ3n) is 2.11. The third kappa shape index (κ3) is 3.22. The summed E-state index contributed by atoms with van der Waals surface area (Å²) in [5, 5.41) is 3.43. The predicted octanol–water partition coefficient (Wildman–Crippen LogP) is 3.60. The van der Waals surface area contributed by atoms with E-state index in [9.17, 15) is 0 Å². The molecule has 0 saturated carbocycles. The second kappa shape index (κ2) is 5.53. The van der Waals surface area contributed by atoms with Gasteiger partial charge in [0.25, 0.3) is 0 Å². The number of benzene rings is 1. The summed E-state index contributed by atoms with van der Waals surface area (Å²) in [7, 11) is 0. The first-order valence-electron chi connectivity index (χ1n) is 5.06. The minimum atomic E-state index is 0.467. The lowest BCUT2D eigenvalue weighted by molar-refractivity contribution is 0.294. The first-order valence-corrected chi connectivity index (χ1v) is 5.06. The summed E-state index contributed by atoms with van der Waals surface area (Å²) in [6, 6.07) is 13.2. The summed E-state index contributed by atoms with van der Waals surface area (Å²) in [6.45, 7) is 0.467. The average molecular weight is 226 g/mol. The Morgan fingerprint density at radius 1 is 1.18 bits per heavy atom. The fourth-order valence-corrected chi connectivity index (χ4v) is 1.30. The molecule has 0 unspecified atom stereocenters. The topological polar surface area (TPSA) is 70.9 Å². The molecule has 5 heteroatoms. The van der Waals surface area contributed by atoms with E-state index in [0.717, 1.165) is 5.56 Å². The molecule has 0 fully saturated rings. The smallest absolute Gasteiger partial charge is 0.213 e. The maximum atomic E-state index is 8.24. The lowest BCUT2D eigenvalue weighted by Crippen LogP contribution is -1.96. The number of nitrogens with zero attached hydrogens (tertiary/aromatic N) is 4. The molecule has 84 valence electrons. The Labute approximate surface area is 98.3 Å². The van der Waals surface area contributed by atoms with Gasteiger partial charge in [-0.05, 0) is 17.2 Å². The molecular formula is C12H10N4O. The van der Waals surface area contributed by atoms with Gasteiger partial charge in [0.2, 0.25) is 5.88 Å². The quantitative estimate of drug-likeness (QED) is 0.454. The van der Waals surface area contributed by atoms with E-state index in [-0.39, 0.29) is 0 Å². The maximum absolute atomic E-state index is 8.24. The predicted molar refractivity (Wildman–Crippen MR) is 63.8 cm³/mol. The average Bonchev–Trinajstić information content (AvgIpc) is 2.40. The lowest BCUT2D eigenvalue weighted by atomic mass is 10.2. The molecule has 0 atom stereocenters. The highest BCUT2D eigenvalue weighted by molar-refractivity contribution is 5.35. The number of aromatic nitrogens is 1. The summed E-state index contributed by atoms with van der Waals surface area (Å²) >= 11 is 0. The molecule has 1 aromatic heterocycles. The Morgan fingerprint density at radius 2 is 2.00 bits per heavy atom. The fourth-order valence-electron chi connectivity index (χ4n) is 1.30. The molecule has 0 aliphatic rings. The molecule has 0 radical (unpaired) electrons. The molecule has 0 amide bonds. The molecule has 17 heavy (non-hydrogen) atoms. The van der Waals surface area contributed by atoms with Crippen LogP contribution < -0.4 is 4.74 Å². The Kier molecular flexibility index (Phi) is 3.57. The highest BCUT2D eigenvalue weighted by Crippen LogP contribution is 2.15. The Balaban J connectivity index is 1.98. The summed E-state index contributed by atoms with van der Waals surface area (Å²) in [6.07, 6.45) is 1.47. The molecule has 1 heterocycles. The molecule has 5 nitrogen and oxygen atoms in total. The van der Waals surface area contributed by atoms with Crippen LogP contribution in [0.25, 0.3) is 10.4 Å². The first kappa shape index (κ1) is 11.0. The molecule has 0 aliphatic heterocycles. The number of pyridine rings is 1. The number of rotatable bonds is 4. The van der Waals surface area contributed by atoms with Crippen molar-refractivity contribution in [3.8, 4) is 5.88 Å². The van der Waals surface area contributed by atoms with E-state index in [1.807, 2.05) is 30.3 Å². The summed E-state index contributed by atoms with van der Waals surface area (Å²) < 4.78 is 5.48. The van der Waals surface area contributed by atoms with Crippen molar-refractivity contribution >= 4 is 5.69 Å². The van der Waals surface area contributed by atoms with Gasteiger partial charge in [-0.25, -0.2) is 4.98 Å². The van der Waals surface area contributed by atoms with Crippen molar-refractivity contribution in [3.63, 3.8) is 0 Å². The number of hydrogen-bond acceptors (Lipinski definition) is 3. The van der Waals surface area contributed by atoms with Crippen LogP contribution >= 0.6 is 0 Å². The van der Waals surface area contributed by atoms with Crippen molar-refractivity contribution in [1.82, 2.24) is 4.98 Å². The maximum Gasteiger partial charge on any atom is 0.213 e. The zero-order chi connectivity index (χ0) is 11.9. The van der Waals surface area contributed by atoms with Gasteiger partial charge in [0.1, 0.15) is 6.61 Å². The SMILES string of the molecule is [N-]=[N+]=Nc1ccc(OCc2ccccc2)nc1. The van der Waals surface area contributed by atoms with Crippen LogP contribution in [0.5, 0.6) is 5.88 Å². The molecule has 0 saturated heterocycles. The summed E-state index contributed by atoms with van der Waals surface area (Å²) in [5.41, 5.74) is 9.79. The van der Waals surface area contributed by atoms with E-state index in [1.54, 1.807) is 12.1 Å². The van der Waals surface area contributed by atoms with Crippen molar-refractivity contribution < 1.29 is 4.74 Å². The minimum Gasteiger partial charge on any atom is -0.473 e. The standard InChI is InChI=1S/C12H10N4O/c13-16-15-11-6-7-12(14-8-11)17-9-10-4-2-1-3-5-10/h1-8H,9H2. The molecule has 0 bridgehead atoms. The van der Waals surface area contributed by atoms with Crippen LogP contribution in [-0.2, 0) is 6.61 Å². The zero-order valence-electron chi connectivity index (χ0n) is 9.02. The van der Waals surface area contributed by atoms with Gasteiger partial charge >= 0.3 is 0 Å². The molecule has 0 spiro atoms. The number of hydrogen-bond donors (Lipinski definition) is 0. The summed E-state index contributed by atoms with van der Waals surface area (Å²) in [4.78, 5) is 6.70. The summed E-state index contributed by atoms with van der Waals surface area (Å²) in [5.74, 6) is 0.505. The fraction of sp³-hybridized carbons (Fsp3) is 0.0833. The van der Waals surface area contributed by atoms with Gasteiger partial charge in [0.15, 0.2) is 0 Å². The molecule has 2 aromatic rings. The van der Waals surface area contributed by atoms with Crippen molar-refractivity contribution in [2.45, 2.75) is 6.61 Å². The van der Waals surface area contributed by atoms with E-state index >= 15 is 0 Å². The van der Waals surface area contributed by atoms with Crippen LogP contribution in [0.1, 0.15) is 5.56 Å². The van der Waals surface area contributed by atoms with Gasteiger partial charge in [0, 0.05) is 17.2 Å². The van der Waals surface area contributed by atoms with Crippen molar-refractivity contribution in [2.24, 2.45) is 5.11 Å². The second-order valence-electron chi connectivity index (χ2n) is 3.32. The van der Waals surface area contributed by atoms with Crippen molar-refractivity contribution in [3.05, 3.63) is 64.7 Å². The van der Waals surface area contributed by atoms with Crippen LogP contribution in [0.15, 0.2) is 53.8 Å². The molecule has 0 aliphatic carbocycles. The molecule has 2 rings (SSSR count). The van der Waals surface area contributed by atoms with Crippen LogP contribution in [-0.4, -0.2) is 4.98 Å². The monoisotopic (exact) mass is 226 g/mol. The number of azide groups is 1. The lowest BCUT2D eigenvalue weighted by Gasteiger charge is -2.04. The van der Waals surface area contributed by atoms with Gasteiger partial charge in [0.05, 0.1) is 5.69 Å². The van der Waals surface area contributed by atoms with E-state index < -0.39 is 0 Å². The van der Waals surface area contributed by atoms with Gasteiger partial charge < -0.3 is 4.74 Å². The zero-order valence-corrected chi connectivity index (χ0v) is 9.02. The Hall–Kier alpha value is -2.52. The van der Waals surface area contributed by atoms with Gasteiger partial charge in [-0.3, -0.25) is 0 Å². The largest absolute Gasteiger partial charge is 0.473 e. The van der Waals surface area contributed by atoms with E-state index in [0.29, 0.717) is 18.2 Å². The molecule has 0 N–H and O–H groups in total. The van der Waals surface area contributed by atoms with Gasteiger partial charge in [-0.2, -0.15) is 0 Å². The second-order valence-corrected chi connectivity index (χ2v) is 3.32. The van der Waals surface area contributed by atoms with Crippen LogP contribution in [0.4, 0.5) is 5.69 Å². The minimum absolute atomic E-state index is 0.467. The normalized spacial score (nSPS) is 9.41. The van der Waals surface area contributed by atoms with Crippen LogP contribution in [0.3, 0.4) is 0 Å². The van der Waals surface area contributed by atoms with Gasteiger partial charge in [-0.1, -0.05) is 35.4 Å². The highest BCUT2D eigenvalue weighted by Gasteiger charge is 1.96. The van der Waals surface area contributed by atoms with Crippen LogP contribution in [0.2, 0.25) is 0 Å². The van der Waals surface area contributed by atoms with Crippen molar-refractivity contribution in [1.29, 1.82) is 0 Å². The van der Waals surface area contributed by atoms with Crippen LogP contribution in [0, 0.1) is 0 Å². The highest BCUT2D eigenvalue weighted by atomic mass is 16.5. The Morgan fingerprint density at radius 3 is 2.65 bits per heavy atom. The van der Waals surface area contributed by atoms with Crippen molar-refractivity contribution in [2.75, 3.05) is 0 Å². The van der Waals surface area contributed by atoms with E-state index in [4.69, 9.17) is 10.3 Å². The Bertz CT molecular complexity index is 518. The van der Waals surface area contributed by atoms with E-state index in [2.05, 4.69) is 15.0 Å². The van der Waals surface area contributed by atoms with Gasteiger partial charge in [-0.15, -0.1) is 0 Å².